The van der Waals surface area contributed by atoms with Crippen LogP contribution in [0.4, 0.5) is 10.1 Å². The number of carbonyl (C=O) groups excluding carboxylic acids is 2. The van der Waals surface area contributed by atoms with Gasteiger partial charge in [-0.05, 0) is 92.6 Å². The van der Waals surface area contributed by atoms with Crippen molar-refractivity contribution in [1.82, 2.24) is 10.2 Å². The number of halogens is 3. The Morgan fingerprint density at radius 2 is 1.53 bits per heavy atom. The summed E-state index contributed by atoms with van der Waals surface area (Å²) in [6, 6.07) is 23.4. The zero-order valence-electron chi connectivity index (χ0n) is 26.2. The summed E-state index contributed by atoms with van der Waals surface area (Å²) >= 11 is 12.5. The SMILES string of the molecule is CCOc1ccc(N(CC(=O)N(Cc2ccc(Cl)c(Cl)c2)[C@@H](Cc2ccccc2)C(=O)NC(C)C)S(=O)(=O)c2ccc(F)cc2)cc1. The van der Waals surface area contributed by atoms with Crippen LogP contribution in [0.25, 0.3) is 0 Å². The summed E-state index contributed by atoms with van der Waals surface area (Å²) in [5, 5.41) is 3.49. The number of hydrogen-bond donors (Lipinski definition) is 1. The van der Waals surface area contributed by atoms with E-state index in [1.165, 1.54) is 17.0 Å². The molecule has 4 aromatic carbocycles. The van der Waals surface area contributed by atoms with E-state index < -0.39 is 40.2 Å². The molecule has 0 spiro atoms. The number of carbonyl (C=O) groups is 2. The van der Waals surface area contributed by atoms with Crippen LogP contribution in [-0.4, -0.2) is 50.4 Å². The Balaban J connectivity index is 1.82. The number of nitrogens with one attached hydrogen (secondary N) is 1. The Kier molecular flexibility index (Phi) is 12.3. The predicted octanol–water partition coefficient (Wildman–Crippen LogP) is 6.89. The van der Waals surface area contributed by atoms with Crippen LogP contribution >= 0.6 is 23.2 Å². The van der Waals surface area contributed by atoms with Crippen LogP contribution in [0.5, 0.6) is 5.75 Å². The second-order valence-corrected chi connectivity index (χ2v) is 13.7. The van der Waals surface area contributed by atoms with E-state index >= 15 is 0 Å². The lowest BCUT2D eigenvalue weighted by Gasteiger charge is -2.34. The molecule has 1 N–H and O–H groups in total. The van der Waals surface area contributed by atoms with Gasteiger partial charge in [-0.15, -0.1) is 0 Å². The second-order valence-electron chi connectivity index (χ2n) is 11.0. The predicted molar refractivity (Wildman–Crippen MR) is 183 cm³/mol. The first-order valence-electron chi connectivity index (χ1n) is 15.0. The summed E-state index contributed by atoms with van der Waals surface area (Å²) in [5.41, 5.74) is 1.55. The fourth-order valence-electron chi connectivity index (χ4n) is 4.91. The monoisotopic (exact) mass is 699 g/mol. The van der Waals surface area contributed by atoms with E-state index in [2.05, 4.69) is 5.32 Å². The number of amides is 2. The van der Waals surface area contributed by atoms with Gasteiger partial charge >= 0.3 is 0 Å². The molecule has 1 atom stereocenters. The highest BCUT2D eigenvalue weighted by atomic mass is 35.5. The van der Waals surface area contributed by atoms with Gasteiger partial charge in [-0.1, -0.05) is 59.6 Å². The highest BCUT2D eigenvalue weighted by molar-refractivity contribution is 7.92. The van der Waals surface area contributed by atoms with Crippen molar-refractivity contribution >= 4 is 50.7 Å². The second kappa shape index (κ2) is 16.1. The summed E-state index contributed by atoms with van der Waals surface area (Å²) in [7, 11) is -4.39. The molecule has 0 radical (unpaired) electrons. The molecule has 0 bridgehead atoms. The molecular weight excluding hydrogens is 664 g/mol. The fourth-order valence-corrected chi connectivity index (χ4v) is 6.64. The van der Waals surface area contributed by atoms with Gasteiger partial charge in [0.25, 0.3) is 10.0 Å². The van der Waals surface area contributed by atoms with E-state index in [0.717, 1.165) is 34.1 Å². The maximum Gasteiger partial charge on any atom is 0.264 e. The Morgan fingerprint density at radius 1 is 0.872 bits per heavy atom. The lowest BCUT2D eigenvalue weighted by Crippen LogP contribution is -2.54. The number of ether oxygens (including phenoxy) is 1. The molecule has 0 saturated carbocycles. The number of anilines is 1. The molecule has 0 aliphatic heterocycles. The molecule has 8 nitrogen and oxygen atoms in total. The van der Waals surface area contributed by atoms with Crippen LogP contribution in [0.2, 0.25) is 10.0 Å². The molecule has 12 heteroatoms. The van der Waals surface area contributed by atoms with Crippen LogP contribution < -0.4 is 14.4 Å². The van der Waals surface area contributed by atoms with E-state index in [9.17, 15) is 22.4 Å². The highest BCUT2D eigenvalue weighted by Crippen LogP contribution is 2.28. The number of sulfonamides is 1. The first-order valence-corrected chi connectivity index (χ1v) is 17.2. The average molecular weight is 701 g/mol. The maximum absolute atomic E-state index is 14.5. The molecular formula is C35H36Cl2FN3O5S. The van der Waals surface area contributed by atoms with E-state index in [0.29, 0.717) is 22.9 Å². The Labute approximate surface area is 285 Å². The molecule has 47 heavy (non-hydrogen) atoms. The molecule has 0 aliphatic rings. The van der Waals surface area contributed by atoms with Gasteiger partial charge in [-0.2, -0.15) is 0 Å². The minimum atomic E-state index is -4.39. The standard InChI is InChI=1S/C35H36Cl2FN3O5S/c1-4-46-29-15-13-28(14-16-29)41(47(44,45)30-17-11-27(38)12-18-30)23-34(42)40(22-26-10-19-31(36)32(37)20-26)33(35(43)39-24(2)3)21-25-8-6-5-7-9-25/h5-20,24,33H,4,21-23H2,1-3H3,(H,39,43)/t33-/m0/s1. The first-order chi connectivity index (χ1) is 22.4. The Hall–Kier alpha value is -4.12. The number of nitrogens with zero attached hydrogens (tertiary/aromatic N) is 2. The van der Waals surface area contributed by atoms with Crippen LogP contribution in [0, 0.1) is 5.82 Å². The number of benzene rings is 4. The van der Waals surface area contributed by atoms with E-state index in [-0.39, 0.29) is 34.6 Å². The number of hydrogen-bond acceptors (Lipinski definition) is 5. The minimum Gasteiger partial charge on any atom is -0.494 e. The van der Waals surface area contributed by atoms with Crippen molar-refractivity contribution in [3.05, 3.63) is 124 Å². The van der Waals surface area contributed by atoms with E-state index in [1.54, 1.807) is 30.3 Å². The van der Waals surface area contributed by atoms with Crippen LogP contribution in [0.3, 0.4) is 0 Å². The Morgan fingerprint density at radius 3 is 2.13 bits per heavy atom. The van der Waals surface area contributed by atoms with Gasteiger partial charge in [0.15, 0.2) is 0 Å². The van der Waals surface area contributed by atoms with Crippen molar-refractivity contribution in [2.24, 2.45) is 0 Å². The summed E-state index contributed by atoms with van der Waals surface area (Å²) in [4.78, 5) is 29.4. The van der Waals surface area contributed by atoms with Crippen molar-refractivity contribution in [2.75, 3.05) is 17.5 Å². The van der Waals surface area contributed by atoms with Gasteiger partial charge in [0, 0.05) is 19.0 Å². The third-order valence-electron chi connectivity index (χ3n) is 7.16. The molecule has 0 unspecified atom stereocenters. The third kappa shape index (κ3) is 9.47. The smallest absolute Gasteiger partial charge is 0.264 e. The molecule has 0 saturated heterocycles. The van der Waals surface area contributed by atoms with Gasteiger partial charge in [0.05, 0.1) is 27.2 Å². The number of rotatable bonds is 14. The topological polar surface area (TPSA) is 96.0 Å². The highest BCUT2D eigenvalue weighted by Gasteiger charge is 2.35. The van der Waals surface area contributed by atoms with Gasteiger partial charge in [0.1, 0.15) is 24.2 Å². The Bertz CT molecular complexity index is 1770. The van der Waals surface area contributed by atoms with Crippen molar-refractivity contribution in [2.45, 2.75) is 50.7 Å². The van der Waals surface area contributed by atoms with Gasteiger partial charge in [-0.3, -0.25) is 13.9 Å². The molecule has 248 valence electrons. The van der Waals surface area contributed by atoms with E-state index in [4.69, 9.17) is 27.9 Å². The molecule has 4 aromatic rings. The van der Waals surface area contributed by atoms with Crippen LogP contribution in [-0.2, 0) is 32.6 Å². The zero-order valence-corrected chi connectivity index (χ0v) is 28.5. The summed E-state index contributed by atoms with van der Waals surface area (Å²) in [5.74, 6) is -1.17. The molecule has 0 aromatic heterocycles. The summed E-state index contributed by atoms with van der Waals surface area (Å²) in [6.45, 7) is 5.10. The van der Waals surface area contributed by atoms with Gasteiger partial charge in [0.2, 0.25) is 11.8 Å². The van der Waals surface area contributed by atoms with Crippen molar-refractivity contribution in [3.63, 3.8) is 0 Å². The summed E-state index contributed by atoms with van der Waals surface area (Å²) < 4.78 is 48.4. The van der Waals surface area contributed by atoms with Crippen molar-refractivity contribution in [1.29, 1.82) is 0 Å². The normalized spacial score (nSPS) is 12.0. The lowest BCUT2D eigenvalue weighted by atomic mass is 10.0. The maximum atomic E-state index is 14.5. The lowest BCUT2D eigenvalue weighted by molar-refractivity contribution is -0.140. The summed E-state index contributed by atoms with van der Waals surface area (Å²) in [6.07, 6.45) is 0.153. The quantitative estimate of drug-likeness (QED) is 0.155. The van der Waals surface area contributed by atoms with E-state index in [1.807, 2.05) is 51.1 Å². The van der Waals surface area contributed by atoms with Gasteiger partial charge in [-0.25, -0.2) is 12.8 Å². The third-order valence-corrected chi connectivity index (χ3v) is 9.68. The fraction of sp³-hybridized carbons (Fsp3) is 0.257. The van der Waals surface area contributed by atoms with Gasteiger partial charge < -0.3 is 15.0 Å². The molecule has 4 rings (SSSR count). The van der Waals surface area contributed by atoms with Crippen molar-refractivity contribution < 1.29 is 27.1 Å². The van der Waals surface area contributed by atoms with Crippen LogP contribution in [0.1, 0.15) is 31.9 Å². The first kappa shape index (κ1) is 35.7. The molecule has 2 amide bonds. The average Bonchev–Trinajstić information content (AvgIpc) is 3.04. The zero-order chi connectivity index (χ0) is 34.1. The largest absolute Gasteiger partial charge is 0.494 e. The van der Waals surface area contributed by atoms with Crippen LogP contribution in [0.15, 0.2) is 102 Å². The molecule has 0 fully saturated rings. The van der Waals surface area contributed by atoms with Crippen molar-refractivity contribution in [3.8, 4) is 5.75 Å². The molecule has 0 aliphatic carbocycles. The minimum absolute atomic E-state index is 0.0769. The molecule has 0 heterocycles.